The Kier molecular flexibility index (Phi) is 8.89. The third-order valence-electron chi connectivity index (χ3n) is 5.77. The average molecular weight is 403 g/mol. The normalized spacial score (nSPS) is 17.9. The maximum Gasteiger partial charge on any atom is 0.223 e. The first kappa shape index (κ1) is 21.7. The van der Waals surface area contributed by atoms with E-state index >= 15 is 0 Å². The predicted octanol–water partition coefficient (Wildman–Crippen LogP) is 1.97. The van der Waals surface area contributed by atoms with E-state index in [-0.39, 0.29) is 24.7 Å². The van der Waals surface area contributed by atoms with Gasteiger partial charge in [-0.25, -0.2) is 0 Å². The predicted molar refractivity (Wildman–Crippen MR) is 111 cm³/mol. The molecule has 1 aliphatic heterocycles. The smallest absolute Gasteiger partial charge is 0.223 e. The summed E-state index contributed by atoms with van der Waals surface area (Å²) in [4.78, 5) is 33.4. The summed E-state index contributed by atoms with van der Waals surface area (Å²) in [6, 6.07) is 4.18. The first-order valence-electron chi connectivity index (χ1n) is 11.0. The van der Waals surface area contributed by atoms with Gasteiger partial charge in [-0.2, -0.15) is 0 Å². The van der Waals surface area contributed by atoms with Crippen molar-refractivity contribution in [2.24, 2.45) is 0 Å². The van der Waals surface area contributed by atoms with Crippen LogP contribution in [0.4, 0.5) is 0 Å². The molecule has 160 valence electrons. The lowest BCUT2D eigenvalue weighted by Gasteiger charge is -2.28. The highest BCUT2D eigenvalue weighted by Crippen LogP contribution is 2.18. The minimum absolute atomic E-state index is 0.00225. The number of carbonyl (C=O) groups is 2. The monoisotopic (exact) mass is 402 g/mol. The Morgan fingerprint density at radius 3 is 2.59 bits per heavy atom. The molecule has 29 heavy (non-hydrogen) atoms. The van der Waals surface area contributed by atoms with Gasteiger partial charge in [0, 0.05) is 64.0 Å². The van der Waals surface area contributed by atoms with E-state index < -0.39 is 0 Å². The Balaban J connectivity index is 1.47. The first-order valence-corrected chi connectivity index (χ1v) is 11.0. The van der Waals surface area contributed by atoms with Gasteiger partial charge in [-0.05, 0) is 37.0 Å². The van der Waals surface area contributed by atoms with Gasteiger partial charge in [0.1, 0.15) is 0 Å². The number of ether oxygens (including phenoxy) is 1. The number of morpholine rings is 1. The van der Waals surface area contributed by atoms with Gasteiger partial charge in [0.05, 0.1) is 13.2 Å². The fourth-order valence-electron chi connectivity index (χ4n) is 4.06. The number of hydrogen-bond acceptors (Lipinski definition) is 5. The molecule has 7 nitrogen and oxygen atoms in total. The Morgan fingerprint density at radius 2 is 1.86 bits per heavy atom. The number of aromatic nitrogens is 1. The van der Waals surface area contributed by atoms with E-state index in [1.54, 1.807) is 12.4 Å². The van der Waals surface area contributed by atoms with Crippen molar-refractivity contribution in [3.8, 4) is 0 Å². The van der Waals surface area contributed by atoms with Gasteiger partial charge in [-0.15, -0.1) is 0 Å². The third-order valence-corrected chi connectivity index (χ3v) is 5.77. The maximum atomic E-state index is 12.9. The zero-order chi connectivity index (χ0) is 20.3. The van der Waals surface area contributed by atoms with E-state index in [0.29, 0.717) is 19.1 Å². The van der Waals surface area contributed by atoms with Crippen molar-refractivity contribution in [3.05, 3.63) is 30.1 Å². The molecule has 1 aromatic rings. The fourth-order valence-corrected chi connectivity index (χ4v) is 4.06. The van der Waals surface area contributed by atoms with Crippen LogP contribution in [0, 0.1) is 0 Å². The lowest BCUT2D eigenvalue weighted by molar-refractivity contribution is -0.134. The van der Waals surface area contributed by atoms with Crippen molar-refractivity contribution in [2.75, 3.05) is 39.4 Å². The first-order chi connectivity index (χ1) is 14.2. The molecule has 7 heteroatoms. The summed E-state index contributed by atoms with van der Waals surface area (Å²) in [5.41, 5.74) is 1.06. The molecular weight excluding hydrogens is 368 g/mol. The SMILES string of the molecule is O=C(CCC(=O)N(CCCN1CCOCC1)Cc1ccncc1)NC1CCCC1. The molecule has 0 radical (unpaired) electrons. The summed E-state index contributed by atoms with van der Waals surface area (Å²) >= 11 is 0. The van der Waals surface area contributed by atoms with E-state index in [1.807, 2.05) is 17.0 Å². The summed E-state index contributed by atoms with van der Waals surface area (Å²) in [5, 5.41) is 3.07. The van der Waals surface area contributed by atoms with Gasteiger partial charge in [0.25, 0.3) is 0 Å². The second kappa shape index (κ2) is 11.9. The van der Waals surface area contributed by atoms with E-state index in [0.717, 1.165) is 57.7 Å². The van der Waals surface area contributed by atoms with E-state index in [2.05, 4.69) is 15.2 Å². The third kappa shape index (κ3) is 7.74. The minimum Gasteiger partial charge on any atom is -0.379 e. The molecule has 1 saturated heterocycles. The van der Waals surface area contributed by atoms with E-state index in [9.17, 15) is 9.59 Å². The molecule has 0 atom stereocenters. The summed E-state index contributed by atoms with van der Waals surface area (Å²) in [7, 11) is 0. The number of pyridine rings is 1. The zero-order valence-electron chi connectivity index (χ0n) is 17.4. The lowest BCUT2D eigenvalue weighted by Crippen LogP contribution is -2.39. The highest BCUT2D eigenvalue weighted by atomic mass is 16.5. The standard InChI is InChI=1S/C22H34N4O3/c27-21(24-20-4-1-2-5-20)6-7-22(28)26(18-19-8-10-23-11-9-19)13-3-12-25-14-16-29-17-15-25/h8-11,20H,1-7,12-18H2,(H,24,27). The number of nitrogens with zero attached hydrogens (tertiary/aromatic N) is 3. The van der Waals surface area contributed by atoms with Gasteiger partial charge in [0.15, 0.2) is 0 Å². The molecule has 2 heterocycles. The Morgan fingerprint density at radius 1 is 1.14 bits per heavy atom. The Bertz CT molecular complexity index is 628. The number of amides is 2. The molecule has 0 spiro atoms. The van der Waals surface area contributed by atoms with Gasteiger partial charge < -0.3 is 15.0 Å². The quantitative estimate of drug-likeness (QED) is 0.648. The second-order valence-electron chi connectivity index (χ2n) is 8.03. The number of carbonyl (C=O) groups excluding carboxylic acids is 2. The Hall–Kier alpha value is -1.99. The van der Waals surface area contributed by atoms with Gasteiger partial charge >= 0.3 is 0 Å². The average Bonchev–Trinajstić information content (AvgIpc) is 3.26. The molecule has 1 aliphatic carbocycles. The molecule has 3 rings (SSSR count). The molecule has 2 fully saturated rings. The molecule has 1 aromatic heterocycles. The summed E-state index contributed by atoms with van der Waals surface area (Å²) in [5.74, 6) is 0.0489. The van der Waals surface area contributed by atoms with Crippen LogP contribution in [0.5, 0.6) is 0 Å². The molecule has 2 amide bonds. The highest BCUT2D eigenvalue weighted by Gasteiger charge is 2.20. The van der Waals surface area contributed by atoms with E-state index in [1.165, 1.54) is 12.8 Å². The van der Waals surface area contributed by atoms with Gasteiger partial charge in [-0.3, -0.25) is 19.5 Å². The number of rotatable bonds is 10. The van der Waals surface area contributed by atoms with Gasteiger partial charge in [-0.1, -0.05) is 12.8 Å². The second-order valence-corrected chi connectivity index (χ2v) is 8.03. The van der Waals surface area contributed by atoms with Crippen molar-refractivity contribution < 1.29 is 14.3 Å². The fraction of sp³-hybridized carbons (Fsp3) is 0.682. The van der Waals surface area contributed by atoms with Crippen LogP contribution >= 0.6 is 0 Å². The molecule has 1 N–H and O–H groups in total. The lowest BCUT2D eigenvalue weighted by atomic mass is 10.2. The van der Waals surface area contributed by atoms with Crippen molar-refractivity contribution in [3.63, 3.8) is 0 Å². The summed E-state index contributed by atoms with van der Waals surface area (Å²) in [6.45, 7) is 5.72. The van der Waals surface area contributed by atoms with Crippen molar-refractivity contribution in [1.29, 1.82) is 0 Å². The van der Waals surface area contributed by atoms with Crippen LogP contribution in [-0.4, -0.2) is 72.0 Å². The number of nitrogens with one attached hydrogen (secondary N) is 1. The highest BCUT2D eigenvalue weighted by molar-refractivity contribution is 5.83. The topological polar surface area (TPSA) is 74.8 Å². The van der Waals surface area contributed by atoms with Gasteiger partial charge in [0.2, 0.25) is 11.8 Å². The van der Waals surface area contributed by atoms with E-state index in [4.69, 9.17) is 4.74 Å². The van der Waals surface area contributed by atoms with Crippen LogP contribution in [-0.2, 0) is 20.9 Å². The summed E-state index contributed by atoms with van der Waals surface area (Å²) < 4.78 is 5.40. The van der Waals surface area contributed by atoms with Crippen LogP contribution in [0.25, 0.3) is 0 Å². The van der Waals surface area contributed by atoms with Crippen molar-refractivity contribution in [1.82, 2.24) is 20.1 Å². The van der Waals surface area contributed by atoms with Crippen LogP contribution in [0.15, 0.2) is 24.5 Å². The van der Waals surface area contributed by atoms with Crippen LogP contribution in [0.3, 0.4) is 0 Å². The van der Waals surface area contributed by atoms with Crippen molar-refractivity contribution in [2.45, 2.75) is 57.5 Å². The maximum absolute atomic E-state index is 12.9. The minimum atomic E-state index is 0.00225. The van der Waals surface area contributed by atoms with Crippen LogP contribution < -0.4 is 5.32 Å². The zero-order valence-corrected chi connectivity index (χ0v) is 17.4. The molecule has 1 saturated carbocycles. The molecule has 0 bridgehead atoms. The molecule has 0 aromatic carbocycles. The molecule has 0 unspecified atom stereocenters. The molecular formula is C22H34N4O3. The summed E-state index contributed by atoms with van der Waals surface area (Å²) in [6.07, 6.45) is 9.46. The molecule has 2 aliphatic rings. The Labute approximate surface area is 173 Å². The van der Waals surface area contributed by atoms with Crippen LogP contribution in [0.2, 0.25) is 0 Å². The largest absolute Gasteiger partial charge is 0.379 e. The number of hydrogen-bond donors (Lipinski definition) is 1. The van der Waals surface area contributed by atoms with Crippen LogP contribution in [0.1, 0.15) is 50.5 Å². The van der Waals surface area contributed by atoms with Crippen molar-refractivity contribution >= 4 is 11.8 Å².